The van der Waals surface area contributed by atoms with Gasteiger partial charge < -0.3 is 35.5 Å². The number of hydrogen-bond acceptors (Lipinski definition) is 7. The van der Waals surface area contributed by atoms with Gasteiger partial charge in [-0.25, -0.2) is 8.78 Å². The van der Waals surface area contributed by atoms with Gasteiger partial charge in [-0.3, -0.25) is 0 Å². The summed E-state index contributed by atoms with van der Waals surface area (Å²) < 4.78 is 69.1. The molecule has 0 radical (unpaired) electrons. The van der Waals surface area contributed by atoms with Crippen LogP contribution in [0.3, 0.4) is 0 Å². The number of ether oxygens (including phenoxy) is 3. The Morgan fingerprint density at radius 2 is 1.17 bits per heavy atom. The van der Waals surface area contributed by atoms with Crippen molar-refractivity contribution in [1.29, 1.82) is 0 Å². The molecule has 0 amide bonds. The second kappa shape index (κ2) is 22.7. The van der Waals surface area contributed by atoms with Gasteiger partial charge in [-0.1, -0.05) is 80.4 Å². The molecule has 2 aliphatic carbocycles. The third kappa shape index (κ3) is 16.7. The quantitative estimate of drug-likeness (QED) is 0.0601. The van der Waals surface area contributed by atoms with Gasteiger partial charge in [-0.05, 0) is 131 Å². The Balaban J connectivity index is 0.000000207. The lowest BCUT2D eigenvalue weighted by Crippen LogP contribution is -2.46. The molecule has 0 aromatic heterocycles. The molecule has 59 heavy (non-hydrogen) atoms. The SMILES string of the molecule is CC(C)(CC1Cc2ccccc2C1)NC[C@@H](O)COc1cc(Br)cc(F)c1F.CC(C)(N)CC1Cc2ccccc2C1.CCO.Fc1cc(Br)cc(OC[C@H]2CO2)c1F. The van der Waals surface area contributed by atoms with E-state index in [1.54, 1.807) is 6.92 Å². The van der Waals surface area contributed by atoms with Crippen molar-refractivity contribution in [3.05, 3.63) is 127 Å². The third-order valence-corrected chi connectivity index (χ3v) is 10.8. The summed E-state index contributed by atoms with van der Waals surface area (Å²) in [7, 11) is 0. The van der Waals surface area contributed by atoms with E-state index < -0.39 is 29.4 Å². The maximum atomic E-state index is 13.7. The van der Waals surface area contributed by atoms with E-state index in [1.165, 1.54) is 47.2 Å². The van der Waals surface area contributed by atoms with Gasteiger partial charge in [0.25, 0.3) is 0 Å². The zero-order valence-corrected chi connectivity index (χ0v) is 37.7. The highest BCUT2D eigenvalue weighted by Gasteiger charge is 2.29. The largest absolute Gasteiger partial charge is 0.488 e. The number of aliphatic hydroxyl groups is 2. The molecule has 1 aliphatic heterocycles. The monoisotopic (exact) mass is 952 g/mol. The molecule has 4 aromatic carbocycles. The van der Waals surface area contributed by atoms with Crippen molar-refractivity contribution >= 4 is 31.9 Å². The highest BCUT2D eigenvalue weighted by atomic mass is 79.9. The van der Waals surface area contributed by atoms with Crippen LogP contribution in [0.5, 0.6) is 11.5 Å². The van der Waals surface area contributed by atoms with Crippen LogP contribution in [-0.4, -0.2) is 66.5 Å². The summed E-state index contributed by atoms with van der Waals surface area (Å²) in [6.07, 6.45) is 5.91. The van der Waals surface area contributed by atoms with Crippen LogP contribution in [0.2, 0.25) is 0 Å². The molecule has 7 rings (SSSR count). The number of aliphatic hydroxyl groups excluding tert-OH is 2. The fraction of sp³-hybridized carbons (Fsp3) is 0.478. The molecule has 3 aliphatic rings. The normalized spacial score (nSPS) is 16.3. The van der Waals surface area contributed by atoms with Crippen molar-refractivity contribution in [2.75, 3.05) is 33.0 Å². The fourth-order valence-corrected chi connectivity index (χ4v) is 8.21. The van der Waals surface area contributed by atoms with E-state index in [9.17, 15) is 22.7 Å². The minimum Gasteiger partial charge on any atom is -0.488 e. The van der Waals surface area contributed by atoms with Crippen LogP contribution >= 0.6 is 31.9 Å². The minimum absolute atomic E-state index is 0.0211. The second-order valence-electron chi connectivity index (χ2n) is 16.7. The molecule has 0 spiro atoms. The van der Waals surface area contributed by atoms with Crippen LogP contribution < -0.4 is 20.5 Å². The van der Waals surface area contributed by atoms with Crippen molar-refractivity contribution < 1.29 is 42.0 Å². The molecule has 1 heterocycles. The lowest BCUT2D eigenvalue weighted by molar-refractivity contribution is 0.0942. The summed E-state index contributed by atoms with van der Waals surface area (Å²) in [5.74, 6) is -2.90. The molecule has 2 atom stereocenters. The van der Waals surface area contributed by atoms with E-state index in [4.69, 9.17) is 25.1 Å². The predicted octanol–water partition coefficient (Wildman–Crippen LogP) is 9.67. The molecule has 7 nitrogen and oxygen atoms in total. The Morgan fingerprint density at radius 1 is 0.763 bits per heavy atom. The standard InChI is InChI=1S/C22H26BrF2NO2.C13H19N.C9H7BrF2O2.C2H6O/c1-22(2,11-14-7-15-5-3-4-6-16(15)8-14)26-12-18(27)13-28-20-10-17(23)9-19(24)21(20)25;1-13(2,14)9-10-7-11-5-3-4-6-12(11)8-10;10-5-1-7(11)9(12)8(2-5)14-4-6-3-13-6;1-2-3/h3-6,9-10,14,18,26-27H,7-8,11-13H2,1-2H3;3-6,10H,7-9,14H2,1-2H3;1-2,6H,3-4H2;3H,2H2,1H3/t18-;;6-;/m1.1./s1. The summed E-state index contributed by atoms with van der Waals surface area (Å²) in [5, 5.41) is 21.1. The third-order valence-electron chi connectivity index (χ3n) is 9.88. The Hall–Kier alpha value is -3.04. The first-order chi connectivity index (χ1) is 27.9. The van der Waals surface area contributed by atoms with Gasteiger partial charge in [-0.2, -0.15) is 8.78 Å². The van der Waals surface area contributed by atoms with Gasteiger partial charge in [0.05, 0.1) is 6.61 Å². The zero-order valence-electron chi connectivity index (χ0n) is 34.5. The Labute approximate surface area is 363 Å². The average Bonchev–Trinajstić information content (AvgIpc) is 3.77. The predicted molar refractivity (Wildman–Crippen MR) is 232 cm³/mol. The Morgan fingerprint density at radius 3 is 1.58 bits per heavy atom. The summed E-state index contributed by atoms with van der Waals surface area (Å²) in [6.45, 7) is 11.5. The first-order valence-electron chi connectivity index (χ1n) is 20.0. The van der Waals surface area contributed by atoms with E-state index in [-0.39, 0.29) is 48.5 Å². The van der Waals surface area contributed by atoms with E-state index in [0.717, 1.165) is 43.7 Å². The molecule has 1 saturated heterocycles. The number of nitrogens with one attached hydrogen (secondary N) is 1. The van der Waals surface area contributed by atoms with E-state index in [2.05, 4.69) is 113 Å². The number of benzene rings is 4. The molecular formula is C46H58Br2F4N2O5. The number of β-amino-alcohol motifs (C(OH)–C–C–N with tert-alkyl or cyclic N) is 1. The Bertz CT molecular complexity index is 1890. The molecule has 0 bridgehead atoms. The van der Waals surface area contributed by atoms with Crippen molar-refractivity contribution in [2.24, 2.45) is 17.6 Å². The summed E-state index contributed by atoms with van der Waals surface area (Å²) in [4.78, 5) is 0. The Kier molecular flexibility index (Phi) is 18.7. The number of rotatable bonds is 13. The summed E-state index contributed by atoms with van der Waals surface area (Å²) in [6, 6.07) is 22.1. The highest BCUT2D eigenvalue weighted by Crippen LogP contribution is 2.33. The van der Waals surface area contributed by atoms with Crippen molar-refractivity contribution in [3.63, 3.8) is 0 Å². The van der Waals surface area contributed by atoms with Crippen molar-refractivity contribution in [3.8, 4) is 11.5 Å². The summed E-state index contributed by atoms with van der Waals surface area (Å²) >= 11 is 6.15. The molecule has 4 aromatic rings. The topological polar surface area (TPSA) is 110 Å². The molecule has 0 unspecified atom stereocenters. The van der Waals surface area contributed by atoms with Gasteiger partial charge in [0, 0.05) is 33.2 Å². The maximum Gasteiger partial charge on any atom is 0.200 e. The molecule has 324 valence electrons. The maximum absolute atomic E-state index is 13.7. The van der Waals surface area contributed by atoms with Gasteiger partial charge >= 0.3 is 0 Å². The number of nitrogens with two attached hydrogens (primary N) is 1. The lowest BCUT2D eigenvalue weighted by atomic mass is 9.88. The number of fused-ring (bicyclic) bond motifs is 2. The average molecular weight is 955 g/mol. The first kappa shape index (κ1) is 48.6. The van der Waals surface area contributed by atoms with Crippen LogP contribution in [0.15, 0.2) is 81.7 Å². The van der Waals surface area contributed by atoms with E-state index in [1.807, 2.05) is 0 Å². The van der Waals surface area contributed by atoms with Crippen LogP contribution in [-0.2, 0) is 30.4 Å². The summed E-state index contributed by atoms with van der Waals surface area (Å²) in [5.41, 5.74) is 11.8. The van der Waals surface area contributed by atoms with Gasteiger partial charge in [0.2, 0.25) is 11.6 Å². The van der Waals surface area contributed by atoms with Crippen LogP contribution in [0.1, 0.15) is 69.7 Å². The van der Waals surface area contributed by atoms with Gasteiger partial charge in [0.15, 0.2) is 23.1 Å². The van der Waals surface area contributed by atoms with Crippen LogP contribution in [0.25, 0.3) is 0 Å². The van der Waals surface area contributed by atoms with Crippen molar-refractivity contribution in [1.82, 2.24) is 5.32 Å². The molecule has 0 saturated carbocycles. The zero-order chi connectivity index (χ0) is 43.3. The van der Waals surface area contributed by atoms with Gasteiger partial charge in [-0.15, -0.1) is 0 Å². The second-order valence-corrected chi connectivity index (χ2v) is 18.5. The van der Waals surface area contributed by atoms with Crippen LogP contribution in [0.4, 0.5) is 17.6 Å². The smallest absolute Gasteiger partial charge is 0.200 e. The molecule has 5 N–H and O–H groups in total. The van der Waals surface area contributed by atoms with E-state index >= 15 is 0 Å². The molecular weight excluding hydrogens is 896 g/mol. The highest BCUT2D eigenvalue weighted by molar-refractivity contribution is 9.10. The number of epoxide rings is 1. The number of halogens is 6. The minimum atomic E-state index is -1.05. The fourth-order valence-electron chi connectivity index (χ4n) is 7.39. The first-order valence-corrected chi connectivity index (χ1v) is 21.6. The van der Waals surface area contributed by atoms with Crippen LogP contribution in [0, 0.1) is 35.1 Å². The molecule has 13 heteroatoms. The lowest BCUT2D eigenvalue weighted by Gasteiger charge is -2.30. The number of hydrogen-bond donors (Lipinski definition) is 4. The van der Waals surface area contributed by atoms with Gasteiger partial charge in [0.1, 0.15) is 25.4 Å². The van der Waals surface area contributed by atoms with E-state index in [0.29, 0.717) is 28.0 Å². The molecule has 1 fully saturated rings. The van der Waals surface area contributed by atoms with Crippen molar-refractivity contribution in [2.45, 2.75) is 96.4 Å².